The molecule has 1 aliphatic rings. The van der Waals surface area contributed by atoms with Gasteiger partial charge in [0.1, 0.15) is 6.04 Å². The normalized spacial score (nSPS) is 16.2. The van der Waals surface area contributed by atoms with E-state index >= 15 is 0 Å². The van der Waals surface area contributed by atoms with Gasteiger partial charge in [0.15, 0.2) is 0 Å². The number of imide groups is 1. The maximum Gasteiger partial charge on any atom is 0.253 e. The summed E-state index contributed by atoms with van der Waals surface area (Å²) in [5, 5.41) is 5.55. The molecular weight excluding hydrogens is 334 g/mol. The highest BCUT2D eigenvalue weighted by atomic mass is 16.2. The Bertz CT molecular complexity index is 565. The van der Waals surface area contributed by atoms with Crippen LogP contribution in [0.3, 0.4) is 0 Å². The molecule has 0 aromatic carbocycles. The Morgan fingerprint density at radius 2 is 1.73 bits per heavy atom. The van der Waals surface area contributed by atoms with Crippen molar-refractivity contribution in [3.05, 3.63) is 24.3 Å². The minimum Gasteiger partial charge on any atom is -0.352 e. The van der Waals surface area contributed by atoms with Crippen LogP contribution in [0.4, 0.5) is 0 Å². The van der Waals surface area contributed by atoms with Crippen molar-refractivity contribution < 1.29 is 19.2 Å². The zero-order valence-electron chi connectivity index (χ0n) is 15.8. The molecule has 2 atom stereocenters. The number of nitrogens with zero attached hydrogens (tertiary/aromatic N) is 1. The van der Waals surface area contributed by atoms with Crippen LogP contribution >= 0.6 is 0 Å². The van der Waals surface area contributed by atoms with E-state index in [0.717, 1.165) is 12.8 Å². The summed E-state index contributed by atoms with van der Waals surface area (Å²) in [6.45, 7) is 5.87. The molecule has 144 valence electrons. The van der Waals surface area contributed by atoms with Gasteiger partial charge in [-0.05, 0) is 40.0 Å². The molecule has 0 radical (unpaired) electrons. The quantitative estimate of drug-likeness (QED) is 0.330. The number of rotatable bonds is 11. The van der Waals surface area contributed by atoms with Crippen molar-refractivity contribution in [2.24, 2.45) is 0 Å². The Hall–Kier alpha value is -2.44. The summed E-state index contributed by atoms with van der Waals surface area (Å²) in [7, 11) is 0. The smallest absolute Gasteiger partial charge is 0.253 e. The molecule has 0 spiro atoms. The number of hydrogen-bond donors (Lipinski definition) is 2. The number of amides is 4. The fourth-order valence-corrected chi connectivity index (χ4v) is 2.53. The lowest BCUT2D eigenvalue weighted by Gasteiger charge is -2.17. The van der Waals surface area contributed by atoms with E-state index in [1.54, 1.807) is 6.92 Å². The van der Waals surface area contributed by atoms with Crippen LogP contribution in [0.5, 0.6) is 0 Å². The molecule has 26 heavy (non-hydrogen) atoms. The zero-order chi connectivity index (χ0) is 19.5. The van der Waals surface area contributed by atoms with Crippen molar-refractivity contribution in [3.8, 4) is 0 Å². The Morgan fingerprint density at radius 1 is 1.08 bits per heavy atom. The van der Waals surface area contributed by atoms with E-state index in [-0.39, 0.29) is 29.7 Å². The van der Waals surface area contributed by atoms with Crippen molar-refractivity contribution in [2.75, 3.05) is 6.54 Å². The molecule has 0 aromatic rings. The van der Waals surface area contributed by atoms with Crippen molar-refractivity contribution in [3.63, 3.8) is 0 Å². The first-order valence-corrected chi connectivity index (χ1v) is 9.09. The number of carbonyl (C=O) groups is 4. The second-order valence-electron chi connectivity index (χ2n) is 6.48. The largest absolute Gasteiger partial charge is 0.352 e. The molecule has 1 heterocycles. The fraction of sp³-hybridized carbons (Fsp3) is 0.579. The minimum atomic E-state index is -0.582. The molecule has 0 aromatic heterocycles. The second kappa shape index (κ2) is 11.2. The number of unbranched alkanes of at least 4 members (excludes halogenated alkanes) is 2. The predicted octanol–water partition coefficient (Wildman–Crippen LogP) is 1.45. The third-order valence-corrected chi connectivity index (χ3v) is 4.07. The van der Waals surface area contributed by atoms with Crippen LogP contribution in [0.2, 0.25) is 0 Å². The van der Waals surface area contributed by atoms with Gasteiger partial charge in [0.05, 0.1) is 0 Å². The molecule has 4 amide bonds. The van der Waals surface area contributed by atoms with E-state index < -0.39 is 6.04 Å². The Morgan fingerprint density at radius 3 is 2.35 bits per heavy atom. The molecule has 7 nitrogen and oxygen atoms in total. The number of hydrogen-bond acceptors (Lipinski definition) is 4. The summed E-state index contributed by atoms with van der Waals surface area (Å²) in [4.78, 5) is 47.9. The van der Waals surface area contributed by atoms with Gasteiger partial charge in [-0.1, -0.05) is 18.6 Å². The lowest BCUT2D eigenvalue weighted by atomic mass is 10.1. The summed E-state index contributed by atoms with van der Waals surface area (Å²) in [5.41, 5.74) is 0. The Labute approximate surface area is 154 Å². The van der Waals surface area contributed by atoms with Gasteiger partial charge < -0.3 is 10.6 Å². The van der Waals surface area contributed by atoms with Crippen molar-refractivity contribution in [2.45, 2.75) is 65.0 Å². The average molecular weight is 363 g/mol. The molecule has 0 saturated carbocycles. The van der Waals surface area contributed by atoms with E-state index in [0.29, 0.717) is 25.8 Å². The molecule has 0 fully saturated rings. The van der Waals surface area contributed by atoms with Gasteiger partial charge in [-0.15, -0.1) is 0 Å². The van der Waals surface area contributed by atoms with Gasteiger partial charge in [0.2, 0.25) is 11.8 Å². The maximum absolute atomic E-state index is 12.0. The number of carbonyl (C=O) groups excluding carboxylic acids is 4. The first-order chi connectivity index (χ1) is 12.3. The van der Waals surface area contributed by atoms with Crippen LogP contribution < -0.4 is 10.6 Å². The predicted molar refractivity (Wildman–Crippen MR) is 99.0 cm³/mol. The van der Waals surface area contributed by atoms with Gasteiger partial charge in [-0.25, -0.2) is 0 Å². The van der Waals surface area contributed by atoms with E-state index in [9.17, 15) is 19.2 Å². The third-order valence-electron chi connectivity index (χ3n) is 4.07. The summed E-state index contributed by atoms with van der Waals surface area (Å²) in [6.07, 6.45) is 9.53. The van der Waals surface area contributed by atoms with Gasteiger partial charge in [-0.3, -0.25) is 24.1 Å². The SMILES string of the molecule is C/C=C/C[C@@H](C)NC(=O)C(C)NC(=O)CCCCCN1C(=O)C=CC1=O. The topological polar surface area (TPSA) is 95.6 Å². The van der Waals surface area contributed by atoms with Crippen molar-refractivity contribution >= 4 is 23.6 Å². The fourth-order valence-electron chi connectivity index (χ4n) is 2.53. The molecule has 7 heteroatoms. The molecule has 1 aliphatic heterocycles. The summed E-state index contributed by atoms with van der Waals surface area (Å²) in [6, 6.07) is -0.565. The monoisotopic (exact) mass is 363 g/mol. The second-order valence-corrected chi connectivity index (χ2v) is 6.48. The highest BCUT2D eigenvalue weighted by Gasteiger charge is 2.22. The first kappa shape index (κ1) is 21.6. The van der Waals surface area contributed by atoms with Crippen LogP contribution in [0, 0.1) is 0 Å². The van der Waals surface area contributed by atoms with E-state index in [1.165, 1.54) is 17.1 Å². The third kappa shape index (κ3) is 7.63. The van der Waals surface area contributed by atoms with Gasteiger partial charge in [0, 0.05) is 31.2 Å². The molecule has 1 unspecified atom stereocenters. The van der Waals surface area contributed by atoms with Gasteiger partial charge in [-0.2, -0.15) is 0 Å². The Balaban J connectivity index is 2.16. The van der Waals surface area contributed by atoms with Crippen LogP contribution in [0.25, 0.3) is 0 Å². The molecule has 0 bridgehead atoms. The van der Waals surface area contributed by atoms with Crippen LogP contribution in [0.1, 0.15) is 52.9 Å². The molecule has 2 N–H and O–H groups in total. The molecular formula is C19H29N3O4. The molecule has 1 rings (SSSR count). The highest BCUT2D eigenvalue weighted by Crippen LogP contribution is 2.07. The average Bonchev–Trinajstić information content (AvgIpc) is 2.91. The lowest BCUT2D eigenvalue weighted by molar-refractivity contribution is -0.137. The van der Waals surface area contributed by atoms with Gasteiger partial charge in [0.25, 0.3) is 11.8 Å². The highest BCUT2D eigenvalue weighted by molar-refractivity contribution is 6.12. The minimum absolute atomic E-state index is 0.0172. The van der Waals surface area contributed by atoms with Crippen LogP contribution in [-0.2, 0) is 19.2 Å². The number of nitrogens with one attached hydrogen (secondary N) is 2. The van der Waals surface area contributed by atoms with Crippen LogP contribution in [0.15, 0.2) is 24.3 Å². The maximum atomic E-state index is 12.0. The lowest BCUT2D eigenvalue weighted by Crippen LogP contribution is -2.47. The van der Waals surface area contributed by atoms with Crippen molar-refractivity contribution in [1.82, 2.24) is 15.5 Å². The Kier molecular flexibility index (Phi) is 9.33. The van der Waals surface area contributed by atoms with E-state index in [1.807, 2.05) is 26.0 Å². The van der Waals surface area contributed by atoms with E-state index in [4.69, 9.17) is 0 Å². The standard InChI is InChI=1S/C19H29N3O4/c1-4-5-9-14(2)20-19(26)15(3)21-16(23)10-7-6-8-13-22-17(24)11-12-18(22)25/h4-5,11-12,14-15H,6-10,13H2,1-3H3,(H,20,26)(H,21,23)/b5-4+/t14-,15?/m1/s1. The van der Waals surface area contributed by atoms with E-state index in [2.05, 4.69) is 10.6 Å². The summed E-state index contributed by atoms with van der Waals surface area (Å²) >= 11 is 0. The summed E-state index contributed by atoms with van der Waals surface area (Å²) in [5.74, 6) is -0.940. The first-order valence-electron chi connectivity index (χ1n) is 9.09. The summed E-state index contributed by atoms with van der Waals surface area (Å²) < 4.78 is 0. The van der Waals surface area contributed by atoms with Crippen LogP contribution in [-0.4, -0.2) is 47.2 Å². The zero-order valence-corrected chi connectivity index (χ0v) is 15.8. The van der Waals surface area contributed by atoms with Crippen molar-refractivity contribution in [1.29, 1.82) is 0 Å². The van der Waals surface area contributed by atoms with Gasteiger partial charge >= 0.3 is 0 Å². The molecule has 0 saturated heterocycles. The number of allylic oxidation sites excluding steroid dienone is 1. The molecule has 0 aliphatic carbocycles.